The molecule has 1 aliphatic heterocycles. The number of halogens is 5. The van der Waals surface area contributed by atoms with E-state index in [1.165, 1.54) is 35.9 Å². The number of morpholine rings is 1. The zero-order valence-electron chi connectivity index (χ0n) is 15.6. The lowest BCUT2D eigenvalue weighted by Crippen LogP contribution is -2.54. The topological polar surface area (TPSA) is 45.7 Å². The molecule has 1 fully saturated rings. The van der Waals surface area contributed by atoms with Gasteiger partial charge < -0.3 is 14.5 Å². The number of alkyl halides is 3. The van der Waals surface area contributed by atoms with Crippen LogP contribution >= 0.6 is 11.6 Å². The first-order chi connectivity index (χ1) is 13.6. The van der Waals surface area contributed by atoms with Crippen LogP contribution in [-0.4, -0.2) is 43.7 Å². The van der Waals surface area contributed by atoms with Crippen LogP contribution in [0.4, 0.5) is 29.1 Å². The van der Waals surface area contributed by atoms with Crippen molar-refractivity contribution >= 4 is 29.0 Å². The number of anilines is 2. The van der Waals surface area contributed by atoms with Gasteiger partial charge in [0.1, 0.15) is 17.7 Å². The highest BCUT2D eigenvalue weighted by Crippen LogP contribution is 2.33. The predicted molar refractivity (Wildman–Crippen MR) is 101 cm³/mol. The summed E-state index contributed by atoms with van der Waals surface area (Å²) in [6.07, 6.45) is -4.53. The highest BCUT2D eigenvalue weighted by atomic mass is 35.5. The second kappa shape index (κ2) is 8.16. The first kappa shape index (κ1) is 21.3. The number of rotatable bonds is 3. The molecule has 29 heavy (non-hydrogen) atoms. The fourth-order valence-electron chi connectivity index (χ4n) is 3.09. The lowest BCUT2D eigenvalue weighted by atomic mass is 10.1. The van der Waals surface area contributed by atoms with Crippen LogP contribution < -0.4 is 9.80 Å². The normalized spacial score (nSPS) is 17.3. The van der Waals surface area contributed by atoms with E-state index < -0.39 is 29.5 Å². The van der Waals surface area contributed by atoms with E-state index in [1.54, 1.807) is 0 Å². The van der Waals surface area contributed by atoms with Crippen LogP contribution in [0.1, 0.15) is 11.3 Å². The molecule has 1 aromatic carbocycles. The van der Waals surface area contributed by atoms with Gasteiger partial charge in [-0.25, -0.2) is 9.37 Å². The average molecular weight is 432 g/mol. The molecule has 2 aromatic rings. The summed E-state index contributed by atoms with van der Waals surface area (Å²) in [5.74, 6) is -1.02. The van der Waals surface area contributed by atoms with Crippen LogP contribution in [-0.2, 0) is 15.7 Å². The number of carbonyl (C=O) groups excluding carboxylic acids is 1. The maximum absolute atomic E-state index is 13.4. The summed E-state index contributed by atoms with van der Waals surface area (Å²) in [6, 6.07) is 4.80. The molecule has 2 heterocycles. The maximum Gasteiger partial charge on any atom is 0.416 e. The molecule has 1 amide bonds. The lowest BCUT2D eigenvalue weighted by Gasteiger charge is -2.37. The third-order valence-corrected chi connectivity index (χ3v) is 4.89. The van der Waals surface area contributed by atoms with Gasteiger partial charge in [0.25, 0.3) is 5.91 Å². The van der Waals surface area contributed by atoms with Crippen LogP contribution in [0.25, 0.3) is 0 Å². The van der Waals surface area contributed by atoms with Crippen molar-refractivity contribution < 1.29 is 27.1 Å². The van der Waals surface area contributed by atoms with E-state index in [0.29, 0.717) is 5.69 Å². The van der Waals surface area contributed by atoms with Crippen molar-refractivity contribution in [3.8, 4) is 0 Å². The van der Waals surface area contributed by atoms with E-state index in [-0.39, 0.29) is 36.3 Å². The minimum absolute atomic E-state index is 0.0188. The molecular formula is C19H18ClF4N3O2. The molecule has 1 aliphatic rings. The molecule has 1 atom stereocenters. The zero-order chi connectivity index (χ0) is 21.3. The molecule has 5 nitrogen and oxygen atoms in total. The number of pyridine rings is 1. The Kier molecular flexibility index (Phi) is 6.00. The van der Waals surface area contributed by atoms with Crippen molar-refractivity contribution in [3.63, 3.8) is 0 Å². The third-order valence-electron chi connectivity index (χ3n) is 4.60. The molecule has 0 bridgehead atoms. The minimum atomic E-state index is -4.53. The van der Waals surface area contributed by atoms with Crippen molar-refractivity contribution in [2.24, 2.45) is 0 Å². The predicted octanol–water partition coefficient (Wildman–Crippen LogP) is 4.07. The molecule has 0 N–H and O–H groups in total. The molecule has 10 heteroatoms. The second-order valence-corrected chi connectivity index (χ2v) is 7.04. The van der Waals surface area contributed by atoms with Crippen molar-refractivity contribution in [3.05, 3.63) is 52.4 Å². The smallest absolute Gasteiger partial charge is 0.377 e. The monoisotopic (exact) mass is 431 g/mol. The van der Waals surface area contributed by atoms with Gasteiger partial charge in [-0.05, 0) is 37.3 Å². The Bertz CT molecular complexity index is 923. The maximum atomic E-state index is 13.4. The number of benzene rings is 1. The molecule has 1 aromatic heterocycles. The van der Waals surface area contributed by atoms with E-state index in [2.05, 4.69) is 4.98 Å². The summed E-state index contributed by atoms with van der Waals surface area (Å²) in [5, 5.41) is -0.144. The Morgan fingerprint density at radius 2 is 2.03 bits per heavy atom. The number of nitrogens with zero attached hydrogens (tertiary/aromatic N) is 3. The van der Waals surface area contributed by atoms with Gasteiger partial charge in [-0.1, -0.05) is 11.6 Å². The van der Waals surface area contributed by atoms with Crippen LogP contribution in [0.15, 0.2) is 30.3 Å². The SMILES string of the molecule is Cc1cc(C(F)(F)F)cc(N2CCOC[C@H]2C(=O)N(C)c2ccc(F)c(Cl)c2)n1. The first-order valence-electron chi connectivity index (χ1n) is 8.71. The van der Waals surface area contributed by atoms with Gasteiger partial charge in [0.2, 0.25) is 0 Å². The Balaban J connectivity index is 1.92. The van der Waals surface area contributed by atoms with E-state index in [9.17, 15) is 22.4 Å². The van der Waals surface area contributed by atoms with Crippen molar-refractivity contribution in [2.45, 2.75) is 19.1 Å². The Morgan fingerprint density at radius 1 is 1.31 bits per heavy atom. The van der Waals surface area contributed by atoms with Gasteiger partial charge in [-0.2, -0.15) is 13.2 Å². The Labute approximate surface area is 169 Å². The van der Waals surface area contributed by atoms with Gasteiger partial charge >= 0.3 is 6.18 Å². The fraction of sp³-hybridized carbons (Fsp3) is 0.368. The number of ether oxygens (including phenoxy) is 1. The van der Waals surface area contributed by atoms with Gasteiger partial charge in [-0.15, -0.1) is 0 Å². The standard InChI is InChI=1S/C19H18ClF4N3O2/c1-11-7-12(19(22,23)24)8-17(25-11)27-5-6-29-10-16(27)18(28)26(2)13-3-4-15(21)14(20)9-13/h3-4,7-9,16H,5-6,10H2,1-2H3/t16-/m0/s1. The molecule has 156 valence electrons. The van der Waals surface area contributed by atoms with Crippen LogP contribution in [0.2, 0.25) is 5.02 Å². The number of hydrogen-bond acceptors (Lipinski definition) is 4. The van der Waals surface area contributed by atoms with E-state index in [0.717, 1.165) is 18.2 Å². The number of carbonyl (C=O) groups is 1. The minimum Gasteiger partial charge on any atom is -0.377 e. The molecule has 0 saturated carbocycles. The molecule has 1 saturated heterocycles. The molecule has 0 aliphatic carbocycles. The third kappa shape index (κ3) is 4.62. The quantitative estimate of drug-likeness (QED) is 0.687. The van der Waals surface area contributed by atoms with Gasteiger partial charge in [-0.3, -0.25) is 4.79 Å². The molecular weight excluding hydrogens is 414 g/mol. The fourth-order valence-corrected chi connectivity index (χ4v) is 3.26. The summed E-state index contributed by atoms with van der Waals surface area (Å²) in [7, 11) is 1.48. The average Bonchev–Trinajstić information content (AvgIpc) is 2.68. The second-order valence-electron chi connectivity index (χ2n) is 6.63. The Hall–Kier alpha value is -2.39. The highest BCUT2D eigenvalue weighted by Gasteiger charge is 2.36. The summed E-state index contributed by atoms with van der Waals surface area (Å²) < 4.78 is 58.4. The van der Waals surface area contributed by atoms with Gasteiger partial charge in [0, 0.05) is 25.0 Å². The number of amides is 1. The van der Waals surface area contributed by atoms with Gasteiger partial charge in [0.15, 0.2) is 0 Å². The van der Waals surface area contributed by atoms with Crippen molar-refractivity contribution in [1.29, 1.82) is 0 Å². The summed E-state index contributed by atoms with van der Waals surface area (Å²) >= 11 is 5.79. The van der Waals surface area contributed by atoms with Crippen LogP contribution in [0, 0.1) is 12.7 Å². The van der Waals surface area contributed by atoms with Crippen molar-refractivity contribution in [1.82, 2.24) is 4.98 Å². The number of aromatic nitrogens is 1. The van der Waals surface area contributed by atoms with Crippen LogP contribution in [0.3, 0.4) is 0 Å². The summed E-state index contributed by atoms with van der Waals surface area (Å²) in [6.45, 7) is 1.88. The highest BCUT2D eigenvalue weighted by molar-refractivity contribution is 6.31. The largest absolute Gasteiger partial charge is 0.416 e. The molecule has 0 radical (unpaired) electrons. The van der Waals surface area contributed by atoms with E-state index >= 15 is 0 Å². The zero-order valence-corrected chi connectivity index (χ0v) is 16.4. The summed E-state index contributed by atoms with van der Waals surface area (Å²) in [5.41, 5.74) is -0.303. The lowest BCUT2D eigenvalue weighted by molar-refractivity contribution is -0.137. The molecule has 0 spiro atoms. The van der Waals surface area contributed by atoms with E-state index in [1.807, 2.05) is 0 Å². The molecule has 0 unspecified atom stereocenters. The number of aryl methyl sites for hydroxylation is 1. The first-order valence-corrected chi connectivity index (χ1v) is 9.08. The van der Waals surface area contributed by atoms with Crippen LogP contribution in [0.5, 0.6) is 0 Å². The summed E-state index contributed by atoms with van der Waals surface area (Å²) in [4.78, 5) is 20.0. The van der Waals surface area contributed by atoms with Gasteiger partial charge in [0.05, 0.1) is 23.8 Å². The Morgan fingerprint density at radius 3 is 2.69 bits per heavy atom. The number of likely N-dealkylation sites (N-methyl/N-ethyl adjacent to an activating group) is 1. The van der Waals surface area contributed by atoms with E-state index in [4.69, 9.17) is 16.3 Å². The van der Waals surface area contributed by atoms with Crippen molar-refractivity contribution in [2.75, 3.05) is 36.6 Å². The number of hydrogen-bond donors (Lipinski definition) is 0. The molecule has 3 rings (SSSR count).